The van der Waals surface area contributed by atoms with Crippen LogP contribution >= 0.6 is 0 Å². The van der Waals surface area contributed by atoms with Gasteiger partial charge in [0.15, 0.2) is 5.82 Å². The third-order valence-corrected chi connectivity index (χ3v) is 3.31. The predicted octanol–water partition coefficient (Wildman–Crippen LogP) is 3.84. The van der Waals surface area contributed by atoms with E-state index in [1.807, 2.05) is 18.5 Å². The molecule has 0 aliphatic heterocycles. The van der Waals surface area contributed by atoms with Gasteiger partial charge in [0.25, 0.3) is 0 Å². The number of aromatic nitrogens is 4. The molecule has 106 valence electrons. The van der Waals surface area contributed by atoms with E-state index in [0.717, 1.165) is 34.0 Å². The highest BCUT2D eigenvalue weighted by molar-refractivity contribution is 5.73. The first-order chi connectivity index (χ1) is 9.36. The monoisotopic (exact) mass is 271 g/mol. The quantitative estimate of drug-likeness (QED) is 0.859. The zero-order valence-corrected chi connectivity index (χ0v) is 12.8. The van der Waals surface area contributed by atoms with Crippen molar-refractivity contribution in [2.45, 2.75) is 40.7 Å². The molecule has 0 radical (unpaired) electrons. The van der Waals surface area contributed by atoms with Crippen molar-refractivity contribution in [3.8, 4) is 11.4 Å². The third-order valence-electron chi connectivity index (χ3n) is 3.31. The molecule has 5 heteroatoms. The standard InChI is InChI=1S/C15H21N5/c1-8(2)13-15(16-7)18-14(17-13)12-10(5)19-20(9(3)4)11(12)6/h9H,1,7H2,2-6H3,(H,17,18). The Morgan fingerprint density at radius 2 is 2.00 bits per heavy atom. The number of hydrogen-bond acceptors (Lipinski definition) is 3. The largest absolute Gasteiger partial charge is 0.336 e. The average molecular weight is 271 g/mol. The first kappa shape index (κ1) is 14.2. The maximum atomic E-state index is 4.58. The lowest BCUT2D eigenvalue weighted by molar-refractivity contribution is 0.516. The second-order valence-corrected chi connectivity index (χ2v) is 5.31. The number of aromatic amines is 1. The Labute approximate surface area is 119 Å². The van der Waals surface area contributed by atoms with Crippen molar-refractivity contribution < 1.29 is 0 Å². The van der Waals surface area contributed by atoms with Crippen LogP contribution < -0.4 is 0 Å². The summed E-state index contributed by atoms with van der Waals surface area (Å²) in [6, 6.07) is 0.315. The van der Waals surface area contributed by atoms with Crippen LogP contribution in [0, 0.1) is 13.8 Å². The van der Waals surface area contributed by atoms with Crippen molar-refractivity contribution in [2.75, 3.05) is 0 Å². The highest BCUT2D eigenvalue weighted by Gasteiger charge is 2.19. The van der Waals surface area contributed by atoms with E-state index in [-0.39, 0.29) is 0 Å². The minimum Gasteiger partial charge on any atom is -0.336 e. The van der Waals surface area contributed by atoms with E-state index < -0.39 is 0 Å². The lowest BCUT2D eigenvalue weighted by atomic mass is 10.2. The maximum absolute atomic E-state index is 4.58. The van der Waals surface area contributed by atoms with Gasteiger partial charge in [-0.25, -0.2) is 9.98 Å². The first-order valence-corrected chi connectivity index (χ1v) is 6.65. The Bertz CT molecular complexity index is 673. The molecule has 2 aromatic rings. The molecule has 0 amide bonds. The van der Waals surface area contributed by atoms with Gasteiger partial charge in [-0.2, -0.15) is 5.10 Å². The van der Waals surface area contributed by atoms with Gasteiger partial charge in [-0.3, -0.25) is 4.68 Å². The molecule has 1 N–H and O–H groups in total. The molecule has 2 aromatic heterocycles. The Balaban J connectivity index is 2.63. The molecule has 0 aliphatic rings. The topological polar surface area (TPSA) is 58.9 Å². The van der Waals surface area contributed by atoms with Gasteiger partial charge < -0.3 is 4.98 Å². The van der Waals surface area contributed by atoms with Crippen molar-refractivity contribution in [3.05, 3.63) is 23.7 Å². The van der Waals surface area contributed by atoms with E-state index in [0.29, 0.717) is 11.9 Å². The summed E-state index contributed by atoms with van der Waals surface area (Å²) in [7, 11) is 0. The van der Waals surface area contributed by atoms with Crippen molar-refractivity contribution in [1.29, 1.82) is 0 Å². The van der Waals surface area contributed by atoms with Crippen molar-refractivity contribution in [2.24, 2.45) is 4.99 Å². The highest BCUT2D eigenvalue weighted by Crippen LogP contribution is 2.31. The minimum atomic E-state index is 0.315. The van der Waals surface area contributed by atoms with E-state index in [9.17, 15) is 0 Å². The molecule has 0 saturated carbocycles. The number of aliphatic imine (C=N–C) groups is 1. The number of nitrogens with one attached hydrogen (secondary N) is 1. The zero-order valence-electron chi connectivity index (χ0n) is 12.8. The molecule has 2 heterocycles. The molecule has 2 rings (SSSR count). The fraction of sp³-hybridized carbons (Fsp3) is 0.400. The fourth-order valence-corrected chi connectivity index (χ4v) is 2.40. The van der Waals surface area contributed by atoms with Gasteiger partial charge >= 0.3 is 0 Å². The van der Waals surface area contributed by atoms with Crippen LogP contribution in [0.4, 0.5) is 5.82 Å². The zero-order chi connectivity index (χ0) is 15.0. The Morgan fingerprint density at radius 3 is 2.40 bits per heavy atom. The molecule has 0 fully saturated rings. The first-order valence-electron chi connectivity index (χ1n) is 6.65. The predicted molar refractivity (Wildman–Crippen MR) is 83.6 cm³/mol. The van der Waals surface area contributed by atoms with Crippen molar-refractivity contribution in [1.82, 2.24) is 19.7 Å². The number of aryl methyl sites for hydroxylation is 1. The van der Waals surface area contributed by atoms with Crippen LogP contribution in [0.25, 0.3) is 17.0 Å². The van der Waals surface area contributed by atoms with E-state index >= 15 is 0 Å². The van der Waals surface area contributed by atoms with Gasteiger partial charge in [0.05, 0.1) is 17.0 Å². The maximum Gasteiger partial charge on any atom is 0.177 e. The lowest BCUT2D eigenvalue weighted by Crippen LogP contribution is -2.04. The molecular weight excluding hydrogens is 250 g/mol. The lowest BCUT2D eigenvalue weighted by Gasteiger charge is -2.07. The molecule has 0 unspecified atom stereocenters. The Kier molecular flexibility index (Phi) is 3.61. The molecular formula is C15H21N5. The van der Waals surface area contributed by atoms with Crippen molar-refractivity contribution >= 4 is 18.1 Å². The number of hydrogen-bond donors (Lipinski definition) is 1. The number of allylic oxidation sites excluding steroid dienone is 1. The van der Waals surface area contributed by atoms with E-state index in [1.165, 1.54) is 0 Å². The third kappa shape index (κ3) is 2.19. The van der Waals surface area contributed by atoms with Gasteiger partial charge in [0.2, 0.25) is 0 Å². The van der Waals surface area contributed by atoms with Crippen LogP contribution in [-0.2, 0) is 0 Å². The van der Waals surface area contributed by atoms with Gasteiger partial charge in [0.1, 0.15) is 5.82 Å². The number of H-pyrrole nitrogens is 1. The van der Waals surface area contributed by atoms with Crippen LogP contribution in [0.3, 0.4) is 0 Å². The number of rotatable bonds is 4. The second kappa shape index (κ2) is 5.07. The molecule has 0 aromatic carbocycles. The van der Waals surface area contributed by atoms with E-state index in [2.05, 4.69) is 54.1 Å². The second-order valence-electron chi connectivity index (χ2n) is 5.31. The summed E-state index contributed by atoms with van der Waals surface area (Å²) in [6.07, 6.45) is 0. The molecule has 0 atom stereocenters. The minimum absolute atomic E-state index is 0.315. The van der Waals surface area contributed by atoms with Gasteiger partial charge in [-0.1, -0.05) is 6.58 Å². The molecule has 0 aliphatic carbocycles. The summed E-state index contributed by atoms with van der Waals surface area (Å²) in [5.41, 5.74) is 4.78. The fourth-order valence-electron chi connectivity index (χ4n) is 2.40. The average Bonchev–Trinajstić information content (AvgIpc) is 2.90. The van der Waals surface area contributed by atoms with Crippen LogP contribution in [0.5, 0.6) is 0 Å². The summed E-state index contributed by atoms with van der Waals surface area (Å²) < 4.78 is 2.01. The molecule has 0 bridgehead atoms. The SMILES string of the molecule is C=Nc1nc(-c2c(C)nn(C(C)C)c2C)[nH]c1C(=C)C. The van der Waals surface area contributed by atoms with Crippen molar-refractivity contribution in [3.63, 3.8) is 0 Å². The molecule has 0 spiro atoms. The smallest absolute Gasteiger partial charge is 0.177 e. The number of nitrogens with zero attached hydrogens (tertiary/aromatic N) is 4. The van der Waals surface area contributed by atoms with Gasteiger partial charge in [-0.05, 0) is 46.9 Å². The summed E-state index contributed by atoms with van der Waals surface area (Å²) in [5.74, 6) is 1.36. The van der Waals surface area contributed by atoms with Crippen LogP contribution in [0.15, 0.2) is 11.6 Å². The van der Waals surface area contributed by atoms with Gasteiger partial charge in [-0.15, -0.1) is 0 Å². The summed E-state index contributed by atoms with van der Waals surface area (Å²) >= 11 is 0. The van der Waals surface area contributed by atoms with Crippen LogP contribution in [0.1, 0.15) is 43.9 Å². The molecule has 5 nitrogen and oxygen atoms in total. The van der Waals surface area contributed by atoms with E-state index in [4.69, 9.17) is 0 Å². The highest BCUT2D eigenvalue weighted by atomic mass is 15.3. The Hall–Kier alpha value is -2.17. The van der Waals surface area contributed by atoms with E-state index in [1.54, 1.807) is 0 Å². The number of imidazole rings is 1. The summed E-state index contributed by atoms with van der Waals surface area (Å²) in [6.45, 7) is 17.7. The summed E-state index contributed by atoms with van der Waals surface area (Å²) in [4.78, 5) is 11.8. The van der Waals surface area contributed by atoms with Crippen LogP contribution in [-0.4, -0.2) is 26.5 Å². The normalized spacial score (nSPS) is 11.1. The Morgan fingerprint density at radius 1 is 1.35 bits per heavy atom. The molecule has 0 saturated heterocycles. The molecule has 20 heavy (non-hydrogen) atoms. The van der Waals surface area contributed by atoms with Crippen LogP contribution in [0.2, 0.25) is 0 Å². The van der Waals surface area contributed by atoms with Gasteiger partial charge in [0, 0.05) is 11.7 Å². The summed E-state index contributed by atoms with van der Waals surface area (Å²) in [5, 5.41) is 4.58.